The Balaban J connectivity index is 1.70. The minimum atomic E-state index is 0.0759. The smallest absolute Gasteiger partial charge is 0.230 e. The van der Waals surface area contributed by atoms with E-state index in [1.54, 1.807) is 0 Å². The van der Waals surface area contributed by atoms with Gasteiger partial charge in [0, 0.05) is 6.54 Å². The van der Waals surface area contributed by atoms with E-state index < -0.39 is 0 Å². The zero-order chi connectivity index (χ0) is 14.2. The molecule has 20 heavy (non-hydrogen) atoms. The first-order chi connectivity index (χ1) is 9.79. The fraction of sp³-hybridized carbons (Fsp3) is 0.467. The van der Waals surface area contributed by atoms with Gasteiger partial charge in [-0.05, 0) is 18.6 Å². The van der Waals surface area contributed by atoms with Crippen LogP contribution in [-0.2, 0) is 4.79 Å². The van der Waals surface area contributed by atoms with E-state index in [0.717, 1.165) is 29.2 Å². The van der Waals surface area contributed by atoms with Crippen LogP contribution in [0.2, 0.25) is 0 Å². The van der Waals surface area contributed by atoms with Crippen molar-refractivity contribution in [3.05, 3.63) is 24.3 Å². The van der Waals surface area contributed by atoms with E-state index in [1.807, 2.05) is 24.3 Å². The van der Waals surface area contributed by atoms with Crippen LogP contribution in [0.1, 0.15) is 32.6 Å². The van der Waals surface area contributed by atoms with E-state index in [2.05, 4.69) is 22.2 Å². The van der Waals surface area contributed by atoms with Crippen molar-refractivity contribution in [2.24, 2.45) is 0 Å². The minimum Gasteiger partial charge on any atom is -0.355 e. The van der Waals surface area contributed by atoms with Crippen LogP contribution in [0.15, 0.2) is 29.4 Å². The van der Waals surface area contributed by atoms with Crippen molar-refractivity contribution in [1.82, 2.24) is 15.3 Å². The summed E-state index contributed by atoms with van der Waals surface area (Å²) in [6, 6.07) is 7.88. The van der Waals surface area contributed by atoms with Gasteiger partial charge in [-0.2, -0.15) is 0 Å². The van der Waals surface area contributed by atoms with Gasteiger partial charge in [-0.25, -0.2) is 4.98 Å². The quantitative estimate of drug-likeness (QED) is 0.579. The third-order valence-electron chi connectivity index (χ3n) is 3.06. The fourth-order valence-corrected chi connectivity index (χ4v) is 2.68. The van der Waals surface area contributed by atoms with Crippen LogP contribution in [0.3, 0.4) is 0 Å². The van der Waals surface area contributed by atoms with E-state index >= 15 is 0 Å². The molecule has 0 radical (unpaired) electrons. The van der Waals surface area contributed by atoms with Gasteiger partial charge in [0.05, 0.1) is 16.8 Å². The van der Waals surface area contributed by atoms with Crippen LogP contribution in [0.4, 0.5) is 0 Å². The van der Waals surface area contributed by atoms with Gasteiger partial charge in [0.15, 0.2) is 5.16 Å². The van der Waals surface area contributed by atoms with Gasteiger partial charge >= 0.3 is 0 Å². The third-order valence-corrected chi connectivity index (χ3v) is 3.93. The Labute approximate surface area is 123 Å². The number of aromatic nitrogens is 2. The number of aromatic amines is 1. The van der Waals surface area contributed by atoms with Crippen molar-refractivity contribution >= 4 is 28.7 Å². The fourth-order valence-electron chi connectivity index (χ4n) is 1.96. The number of fused-ring (bicyclic) bond motifs is 1. The van der Waals surface area contributed by atoms with E-state index in [-0.39, 0.29) is 5.91 Å². The zero-order valence-corrected chi connectivity index (χ0v) is 12.6. The first kappa shape index (κ1) is 14.9. The van der Waals surface area contributed by atoms with Crippen LogP contribution < -0.4 is 5.32 Å². The van der Waals surface area contributed by atoms with Crippen LogP contribution >= 0.6 is 11.8 Å². The summed E-state index contributed by atoms with van der Waals surface area (Å²) in [5.74, 6) is 0.486. The molecule has 1 aromatic heterocycles. The van der Waals surface area contributed by atoms with Crippen molar-refractivity contribution < 1.29 is 4.79 Å². The van der Waals surface area contributed by atoms with Gasteiger partial charge in [0.25, 0.3) is 0 Å². The summed E-state index contributed by atoms with van der Waals surface area (Å²) in [5, 5.41) is 3.74. The molecule has 4 nitrogen and oxygen atoms in total. The summed E-state index contributed by atoms with van der Waals surface area (Å²) in [6.45, 7) is 2.96. The molecule has 0 bridgehead atoms. The molecule has 0 atom stereocenters. The molecule has 0 aliphatic heterocycles. The molecule has 0 saturated carbocycles. The standard InChI is InChI=1S/C15H21N3OS/c1-2-3-4-7-10-16-14(19)11-20-15-17-12-8-5-6-9-13(12)18-15/h5-6,8-9H,2-4,7,10-11H2,1H3,(H,16,19)(H,17,18). The Hall–Kier alpha value is -1.49. The highest BCUT2D eigenvalue weighted by Crippen LogP contribution is 2.18. The monoisotopic (exact) mass is 291 g/mol. The summed E-state index contributed by atoms with van der Waals surface area (Å²) in [7, 11) is 0. The van der Waals surface area contributed by atoms with Gasteiger partial charge in [0.2, 0.25) is 5.91 Å². The number of hydrogen-bond acceptors (Lipinski definition) is 3. The predicted octanol–water partition coefficient (Wildman–Crippen LogP) is 3.35. The van der Waals surface area contributed by atoms with Crippen LogP contribution in [0.5, 0.6) is 0 Å². The third kappa shape index (κ3) is 4.56. The highest BCUT2D eigenvalue weighted by atomic mass is 32.2. The summed E-state index contributed by atoms with van der Waals surface area (Å²) in [4.78, 5) is 19.3. The molecule has 0 aliphatic rings. The number of thioether (sulfide) groups is 1. The largest absolute Gasteiger partial charge is 0.355 e. The van der Waals surface area contributed by atoms with Gasteiger partial charge in [-0.3, -0.25) is 4.79 Å². The lowest BCUT2D eigenvalue weighted by atomic mass is 10.2. The lowest BCUT2D eigenvalue weighted by Crippen LogP contribution is -2.26. The first-order valence-electron chi connectivity index (χ1n) is 7.14. The Morgan fingerprint density at radius 1 is 1.30 bits per heavy atom. The number of H-pyrrole nitrogens is 1. The molecule has 1 aromatic carbocycles. The number of amides is 1. The van der Waals surface area contributed by atoms with E-state index in [9.17, 15) is 4.79 Å². The van der Waals surface area contributed by atoms with Crippen LogP contribution in [-0.4, -0.2) is 28.2 Å². The number of nitrogens with one attached hydrogen (secondary N) is 2. The molecular formula is C15H21N3OS. The molecule has 0 saturated heterocycles. The van der Waals surface area contributed by atoms with Crippen LogP contribution in [0.25, 0.3) is 11.0 Å². The molecule has 0 spiro atoms. The van der Waals surface area contributed by atoms with Crippen molar-refractivity contribution in [1.29, 1.82) is 0 Å². The Morgan fingerprint density at radius 2 is 2.15 bits per heavy atom. The minimum absolute atomic E-state index is 0.0759. The van der Waals surface area contributed by atoms with Crippen molar-refractivity contribution in [3.63, 3.8) is 0 Å². The SMILES string of the molecule is CCCCCCNC(=O)CSc1nc2ccccc2[nH]1. The second kappa shape index (κ2) is 7.94. The average molecular weight is 291 g/mol. The second-order valence-corrected chi connectivity index (χ2v) is 5.72. The number of carbonyl (C=O) groups excluding carboxylic acids is 1. The lowest BCUT2D eigenvalue weighted by molar-refractivity contribution is -0.118. The number of para-hydroxylation sites is 2. The molecule has 1 heterocycles. The van der Waals surface area contributed by atoms with Crippen LogP contribution in [0, 0.1) is 0 Å². The molecule has 5 heteroatoms. The maximum atomic E-state index is 11.7. The molecule has 1 amide bonds. The van der Waals surface area contributed by atoms with Crippen molar-refractivity contribution in [3.8, 4) is 0 Å². The summed E-state index contributed by atoms with van der Waals surface area (Å²) < 4.78 is 0. The maximum absolute atomic E-state index is 11.7. The van der Waals surface area contributed by atoms with Gasteiger partial charge in [-0.15, -0.1) is 0 Å². The molecule has 2 N–H and O–H groups in total. The number of carbonyl (C=O) groups is 1. The van der Waals surface area contributed by atoms with Crippen molar-refractivity contribution in [2.45, 2.75) is 37.8 Å². The average Bonchev–Trinajstić information content (AvgIpc) is 2.88. The summed E-state index contributed by atoms with van der Waals surface area (Å²) in [5.41, 5.74) is 1.95. The van der Waals surface area contributed by atoms with Gasteiger partial charge < -0.3 is 10.3 Å². The molecular weight excluding hydrogens is 270 g/mol. The molecule has 2 rings (SSSR count). The molecule has 0 unspecified atom stereocenters. The van der Waals surface area contributed by atoms with E-state index in [4.69, 9.17) is 0 Å². The van der Waals surface area contributed by atoms with Gasteiger partial charge in [0.1, 0.15) is 0 Å². The zero-order valence-electron chi connectivity index (χ0n) is 11.8. The van der Waals surface area contributed by atoms with Crippen molar-refractivity contribution in [2.75, 3.05) is 12.3 Å². The maximum Gasteiger partial charge on any atom is 0.230 e. The molecule has 108 valence electrons. The number of unbranched alkanes of at least 4 members (excludes halogenated alkanes) is 3. The normalized spacial score (nSPS) is 10.8. The Kier molecular flexibility index (Phi) is 5.92. The summed E-state index contributed by atoms with van der Waals surface area (Å²) >= 11 is 1.44. The molecule has 0 aliphatic carbocycles. The Morgan fingerprint density at radius 3 is 2.95 bits per heavy atom. The van der Waals surface area contributed by atoms with E-state index in [0.29, 0.717) is 5.75 Å². The number of hydrogen-bond donors (Lipinski definition) is 2. The van der Waals surface area contributed by atoms with E-state index in [1.165, 1.54) is 31.0 Å². The number of nitrogens with zero attached hydrogens (tertiary/aromatic N) is 1. The second-order valence-electron chi connectivity index (χ2n) is 4.76. The summed E-state index contributed by atoms with van der Waals surface area (Å²) in [6.07, 6.45) is 4.71. The number of rotatable bonds is 8. The first-order valence-corrected chi connectivity index (χ1v) is 8.12. The number of benzene rings is 1. The van der Waals surface area contributed by atoms with Gasteiger partial charge in [-0.1, -0.05) is 50.1 Å². The lowest BCUT2D eigenvalue weighted by Gasteiger charge is -2.03. The highest BCUT2D eigenvalue weighted by molar-refractivity contribution is 7.99. The molecule has 2 aromatic rings. The Bertz CT molecular complexity index is 520. The predicted molar refractivity (Wildman–Crippen MR) is 84.0 cm³/mol. The topological polar surface area (TPSA) is 57.8 Å². The molecule has 0 fully saturated rings. The highest BCUT2D eigenvalue weighted by Gasteiger charge is 2.06. The number of imidazole rings is 1.